The number of ether oxygens (including phenoxy) is 8. The fourth-order valence-corrected chi connectivity index (χ4v) is 9.89. The summed E-state index contributed by atoms with van der Waals surface area (Å²) < 4.78 is 52.3. The predicted octanol–water partition coefficient (Wildman–Crippen LogP) is 5.81. The smallest absolute Gasteiger partial charge is 0.308 e. The summed E-state index contributed by atoms with van der Waals surface area (Å²) in [4.78, 5) is 39.4. The molecule has 0 aromatic heterocycles. The molecule has 14 nitrogen and oxygen atoms in total. The van der Waals surface area contributed by atoms with Crippen molar-refractivity contribution in [3.05, 3.63) is 71.8 Å². The number of benzene rings is 2. The Labute approximate surface area is 372 Å². The van der Waals surface area contributed by atoms with Crippen molar-refractivity contribution in [1.82, 2.24) is 5.32 Å². The molecular weight excluding hydrogens is 811 g/mol. The van der Waals surface area contributed by atoms with Crippen molar-refractivity contribution >= 4 is 17.7 Å². The van der Waals surface area contributed by atoms with E-state index in [1.165, 1.54) is 21.0 Å². The third-order valence-corrected chi connectivity index (χ3v) is 13.6. The minimum absolute atomic E-state index is 0.0804. The zero-order chi connectivity index (χ0) is 45.0. The molecule has 2 saturated carbocycles. The van der Waals surface area contributed by atoms with E-state index in [1.54, 1.807) is 0 Å². The molecule has 1 amide bonds. The van der Waals surface area contributed by atoms with Crippen molar-refractivity contribution in [2.45, 2.75) is 179 Å². The van der Waals surface area contributed by atoms with E-state index in [2.05, 4.69) is 12.2 Å². The highest BCUT2D eigenvalue weighted by Crippen LogP contribution is 2.41. The van der Waals surface area contributed by atoms with Gasteiger partial charge >= 0.3 is 5.97 Å². The van der Waals surface area contributed by atoms with Crippen LogP contribution in [0.4, 0.5) is 0 Å². The Morgan fingerprint density at radius 2 is 1.44 bits per heavy atom. The number of rotatable bonds is 19. The van der Waals surface area contributed by atoms with Crippen LogP contribution in [-0.2, 0) is 65.5 Å². The van der Waals surface area contributed by atoms with Gasteiger partial charge in [-0.1, -0.05) is 113 Å². The Balaban J connectivity index is 1.32. The van der Waals surface area contributed by atoms with Crippen LogP contribution in [0.2, 0.25) is 0 Å². The molecule has 15 atom stereocenters. The summed E-state index contributed by atoms with van der Waals surface area (Å²) in [7, 11) is 1.36. The van der Waals surface area contributed by atoms with Crippen molar-refractivity contribution < 1.29 is 62.5 Å². The van der Waals surface area contributed by atoms with Gasteiger partial charge in [-0.05, 0) is 56.1 Å². The molecule has 2 saturated heterocycles. The highest BCUT2D eigenvalue weighted by molar-refractivity contribution is 5.80. The van der Waals surface area contributed by atoms with Crippen molar-refractivity contribution in [1.29, 1.82) is 0 Å². The second-order valence-electron chi connectivity index (χ2n) is 18.1. The molecule has 0 radical (unpaired) electrons. The summed E-state index contributed by atoms with van der Waals surface area (Å²) in [6, 6.07) is 18.7. The molecule has 350 valence electrons. The van der Waals surface area contributed by atoms with Gasteiger partial charge in [0, 0.05) is 12.8 Å². The fraction of sp³-hybridized carbons (Fsp3) is 0.694. The van der Waals surface area contributed by atoms with Crippen LogP contribution < -0.4 is 5.32 Å². The SMILES string of the molecule is CC[C@@H]1CC(C(=O)OC)C[C@@H](O[C@@H]2O[C@@H](CO)[C@H](O)C(O[C@@H](CC3CCCCC3)C(C)=O)C2NC(C)=O)C1O[C@@H]1OC(C)[C@@H](C)[C@H](OCc2ccccc2)C1OCc1ccccc1. The van der Waals surface area contributed by atoms with Crippen molar-refractivity contribution in [3.8, 4) is 0 Å². The number of esters is 1. The zero-order valence-corrected chi connectivity index (χ0v) is 37.9. The highest BCUT2D eigenvalue weighted by atomic mass is 16.7. The van der Waals surface area contributed by atoms with Crippen LogP contribution in [0.3, 0.4) is 0 Å². The Morgan fingerprint density at radius 3 is 2.02 bits per heavy atom. The third kappa shape index (κ3) is 12.9. The molecule has 6 unspecified atom stereocenters. The van der Waals surface area contributed by atoms with E-state index in [0.717, 1.165) is 43.2 Å². The maximum atomic E-state index is 13.3. The first-order chi connectivity index (χ1) is 30.4. The number of Topliss-reactive ketones (excluding diaryl/α,β-unsaturated/α-hetero) is 1. The summed E-state index contributed by atoms with van der Waals surface area (Å²) in [6.07, 6.45) is -2.91. The Kier molecular flexibility index (Phi) is 18.5. The van der Waals surface area contributed by atoms with Crippen LogP contribution >= 0.6 is 0 Å². The maximum absolute atomic E-state index is 13.3. The Bertz CT molecular complexity index is 1710. The van der Waals surface area contributed by atoms with Crippen LogP contribution in [0.1, 0.15) is 104 Å². The number of hydrogen-bond acceptors (Lipinski definition) is 13. The van der Waals surface area contributed by atoms with E-state index in [0.29, 0.717) is 25.9 Å². The average Bonchev–Trinajstić information content (AvgIpc) is 3.29. The van der Waals surface area contributed by atoms with Crippen LogP contribution in [0.15, 0.2) is 60.7 Å². The molecule has 2 heterocycles. The lowest BCUT2D eigenvalue weighted by Crippen LogP contribution is -2.67. The number of methoxy groups -OCH3 is 1. The molecule has 2 aliphatic heterocycles. The quantitative estimate of drug-likeness (QED) is 0.144. The molecule has 2 aromatic carbocycles. The highest BCUT2D eigenvalue weighted by Gasteiger charge is 2.53. The number of ketones is 1. The largest absolute Gasteiger partial charge is 0.469 e. The first kappa shape index (κ1) is 49.1. The minimum Gasteiger partial charge on any atom is -0.469 e. The van der Waals surface area contributed by atoms with E-state index >= 15 is 0 Å². The molecule has 0 spiro atoms. The number of carbonyl (C=O) groups is 3. The monoisotopic (exact) mass is 881 g/mol. The average molecular weight is 882 g/mol. The predicted molar refractivity (Wildman–Crippen MR) is 232 cm³/mol. The zero-order valence-electron chi connectivity index (χ0n) is 37.9. The standard InChI is InChI=1S/C49H71NO13/c1-7-36-24-37(47(55)56-6)25-39(61-48-41(50-32(5)53)45(42(54)40(26-51)62-48)60-38(30(3)52)23-33-17-11-8-12-18-33)44(36)63-49-46(58-28-35-21-15-10-16-22-35)43(29(2)31(4)59-49)57-27-34-19-13-9-14-20-34/h9-10,13-16,19-22,29,31,33,36-46,48-49,51,54H,7-8,11-12,17-18,23-28H2,1-6H3,(H,50,53)/t29-,31?,36-,37?,38+,39-,40+,41?,42+,43+,44?,45?,46?,48-,49+/m1/s1. The summed E-state index contributed by atoms with van der Waals surface area (Å²) in [5, 5.41) is 25.1. The lowest BCUT2D eigenvalue weighted by atomic mass is 9.76. The van der Waals surface area contributed by atoms with Crippen LogP contribution in [0.5, 0.6) is 0 Å². The summed E-state index contributed by atoms with van der Waals surface area (Å²) >= 11 is 0. The first-order valence-electron chi connectivity index (χ1n) is 23.1. The van der Waals surface area contributed by atoms with Crippen molar-refractivity contribution in [2.75, 3.05) is 13.7 Å². The summed E-state index contributed by atoms with van der Waals surface area (Å²) in [5.41, 5.74) is 1.99. The van der Waals surface area contributed by atoms with Gasteiger partial charge in [0.1, 0.15) is 36.6 Å². The van der Waals surface area contributed by atoms with Gasteiger partial charge < -0.3 is 53.4 Å². The van der Waals surface area contributed by atoms with Gasteiger partial charge in [0.15, 0.2) is 18.4 Å². The number of nitrogens with one attached hydrogen (secondary N) is 1. The van der Waals surface area contributed by atoms with Gasteiger partial charge in [0.05, 0.1) is 57.3 Å². The van der Waals surface area contributed by atoms with Crippen LogP contribution in [0, 0.1) is 23.7 Å². The van der Waals surface area contributed by atoms with E-state index in [4.69, 9.17) is 37.9 Å². The fourth-order valence-electron chi connectivity index (χ4n) is 9.89. The number of aliphatic hydroxyl groups excluding tert-OH is 2. The van der Waals surface area contributed by atoms with Gasteiger partial charge in [0.2, 0.25) is 5.91 Å². The van der Waals surface area contributed by atoms with Crippen LogP contribution in [-0.4, -0.2) is 115 Å². The van der Waals surface area contributed by atoms with Gasteiger partial charge in [-0.15, -0.1) is 0 Å². The molecule has 3 N–H and O–H groups in total. The number of amides is 1. The number of aliphatic hydroxyl groups is 2. The first-order valence-corrected chi connectivity index (χ1v) is 23.1. The maximum Gasteiger partial charge on any atom is 0.308 e. The van der Waals surface area contributed by atoms with Gasteiger partial charge in [-0.25, -0.2) is 0 Å². The Morgan fingerprint density at radius 1 is 0.810 bits per heavy atom. The lowest BCUT2D eigenvalue weighted by Gasteiger charge is -2.50. The molecule has 4 fully saturated rings. The number of carbonyl (C=O) groups excluding carboxylic acids is 3. The molecule has 0 bridgehead atoms. The van der Waals surface area contributed by atoms with Crippen molar-refractivity contribution in [2.24, 2.45) is 23.7 Å². The normalized spacial score (nSPS) is 34.5. The van der Waals surface area contributed by atoms with E-state index in [9.17, 15) is 24.6 Å². The molecule has 63 heavy (non-hydrogen) atoms. The Hall–Kier alpha value is -3.31. The molecular formula is C49H71NO13. The van der Waals surface area contributed by atoms with Gasteiger partial charge in [0.25, 0.3) is 0 Å². The third-order valence-electron chi connectivity index (χ3n) is 13.6. The van der Waals surface area contributed by atoms with Crippen molar-refractivity contribution in [3.63, 3.8) is 0 Å². The molecule has 2 aromatic rings. The van der Waals surface area contributed by atoms with Crippen LogP contribution in [0.25, 0.3) is 0 Å². The van der Waals surface area contributed by atoms with E-state index < -0.39 is 91.9 Å². The molecule has 14 heteroatoms. The lowest BCUT2D eigenvalue weighted by molar-refractivity contribution is -0.342. The summed E-state index contributed by atoms with van der Waals surface area (Å²) in [6.45, 7) is 8.93. The van der Waals surface area contributed by atoms with Gasteiger partial charge in [-0.3, -0.25) is 14.4 Å². The van der Waals surface area contributed by atoms with E-state index in [1.807, 2.05) is 74.5 Å². The number of hydrogen-bond donors (Lipinski definition) is 3. The molecule has 2 aliphatic carbocycles. The second-order valence-corrected chi connectivity index (χ2v) is 18.1. The summed E-state index contributed by atoms with van der Waals surface area (Å²) in [5.74, 6) is -1.63. The van der Waals surface area contributed by atoms with E-state index in [-0.39, 0.29) is 42.7 Å². The topological polar surface area (TPSA) is 178 Å². The second kappa shape index (κ2) is 23.7. The minimum atomic E-state index is -1.42. The molecule has 4 aliphatic rings. The van der Waals surface area contributed by atoms with Gasteiger partial charge in [-0.2, -0.15) is 0 Å². The molecule has 6 rings (SSSR count).